The highest BCUT2D eigenvalue weighted by atomic mass is 32.1. The molecule has 1 saturated heterocycles. The number of hydrogen-bond donors (Lipinski definition) is 0. The minimum absolute atomic E-state index is 0.853. The van der Waals surface area contributed by atoms with Crippen LogP contribution >= 0.6 is 11.5 Å². The summed E-state index contributed by atoms with van der Waals surface area (Å²) in [7, 11) is 0. The van der Waals surface area contributed by atoms with Crippen LogP contribution in [0.3, 0.4) is 0 Å². The zero-order chi connectivity index (χ0) is 12.4. The molecule has 2 aromatic heterocycles. The second-order valence-electron chi connectivity index (χ2n) is 4.16. The molecule has 3 heterocycles. The number of piperazine rings is 1. The molecule has 0 atom stereocenters. The average Bonchev–Trinajstić information content (AvgIpc) is 2.87. The summed E-state index contributed by atoms with van der Waals surface area (Å²) in [5.74, 6) is 1.80. The Balaban J connectivity index is 1.65. The quantitative estimate of drug-likeness (QED) is 0.803. The summed E-state index contributed by atoms with van der Waals surface area (Å²) in [5, 5.41) is 1.02. The fraction of sp³-hybridized carbons (Fsp3) is 0.455. The molecule has 94 valence electrons. The highest BCUT2D eigenvalue weighted by molar-refractivity contribution is 7.09. The highest BCUT2D eigenvalue weighted by Crippen LogP contribution is 2.20. The van der Waals surface area contributed by atoms with Gasteiger partial charge in [0.15, 0.2) is 0 Å². The van der Waals surface area contributed by atoms with Crippen molar-refractivity contribution < 1.29 is 0 Å². The average molecular weight is 262 g/mol. The predicted molar refractivity (Wildman–Crippen MR) is 71.1 cm³/mol. The zero-order valence-electron chi connectivity index (χ0n) is 10.2. The molecule has 1 fully saturated rings. The van der Waals surface area contributed by atoms with E-state index in [1.807, 2.05) is 13.1 Å². The Bertz CT molecular complexity index is 505. The molecule has 1 aliphatic rings. The van der Waals surface area contributed by atoms with Gasteiger partial charge in [0.25, 0.3) is 0 Å². The molecule has 7 heteroatoms. The van der Waals surface area contributed by atoms with Crippen LogP contribution in [0, 0.1) is 6.92 Å². The largest absolute Gasteiger partial charge is 0.352 e. The molecule has 0 radical (unpaired) electrons. The predicted octanol–water partition coefficient (Wildman–Crippen LogP) is 0.963. The molecule has 6 nitrogen and oxygen atoms in total. The van der Waals surface area contributed by atoms with E-state index in [-0.39, 0.29) is 0 Å². The molecule has 0 spiro atoms. The molecule has 0 N–H and O–H groups in total. The minimum Gasteiger partial charge on any atom is -0.352 e. The van der Waals surface area contributed by atoms with E-state index in [1.54, 1.807) is 12.4 Å². The van der Waals surface area contributed by atoms with E-state index in [0.717, 1.165) is 43.0 Å². The zero-order valence-corrected chi connectivity index (χ0v) is 11.0. The fourth-order valence-electron chi connectivity index (χ4n) is 2.00. The van der Waals surface area contributed by atoms with Crippen LogP contribution in [0.4, 0.5) is 10.9 Å². The van der Waals surface area contributed by atoms with Crippen molar-refractivity contribution in [1.82, 2.24) is 19.3 Å². The van der Waals surface area contributed by atoms with Crippen LogP contribution in [-0.2, 0) is 0 Å². The van der Waals surface area contributed by atoms with Crippen molar-refractivity contribution in [2.24, 2.45) is 0 Å². The van der Waals surface area contributed by atoms with Crippen LogP contribution in [0.15, 0.2) is 18.6 Å². The van der Waals surface area contributed by atoms with Gasteiger partial charge in [-0.3, -0.25) is 4.98 Å². The maximum Gasteiger partial charge on any atom is 0.205 e. The number of aryl methyl sites for hydroxylation is 1. The first-order valence-corrected chi connectivity index (χ1v) is 6.66. The number of nitrogens with zero attached hydrogens (tertiary/aromatic N) is 6. The summed E-state index contributed by atoms with van der Waals surface area (Å²) in [4.78, 5) is 17.4. The molecule has 0 aliphatic carbocycles. The van der Waals surface area contributed by atoms with Gasteiger partial charge in [-0.1, -0.05) is 0 Å². The first-order chi connectivity index (χ1) is 8.83. The number of anilines is 2. The lowest BCUT2D eigenvalue weighted by molar-refractivity contribution is 0.644. The van der Waals surface area contributed by atoms with Crippen LogP contribution in [0.25, 0.3) is 0 Å². The molecule has 0 saturated carbocycles. The second kappa shape index (κ2) is 4.85. The molecule has 0 bridgehead atoms. The number of aromatic nitrogens is 4. The summed E-state index contributed by atoms with van der Waals surface area (Å²) in [6.45, 7) is 5.71. The molecule has 2 aromatic rings. The van der Waals surface area contributed by atoms with Gasteiger partial charge in [0, 0.05) is 50.1 Å². The third kappa shape index (κ3) is 2.26. The van der Waals surface area contributed by atoms with Crippen molar-refractivity contribution in [3.8, 4) is 0 Å². The second-order valence-corrected chi connectivity index (χ2v) is 4.89. The van der Waals surface area contributed by atoms with E-state index in [1.165, 1.54) is 11.5 Å². The lowest BCUT2D eigenvalue weighted by Gasteiger charge is -2.34. The van der Waals surface area contributed by atoms with Gasteiger partial charge in [0.1, 0.15) is 11.6 Å². The maximum absolute atomic E-state index is 4.42. The standard InChI is InChI=1S/C11H14N6S/c1-9-14-11(18-15-9)17-6-4-16(5-7-17)10-8-12-2-3-13-10/h2-3,8H,4-7H2,1H3. The minimum atomic E-state index is 0.853. The lowest BCUT2D eigenvalue weighted by Crippen LogP contribution is -2.46. The van der Waals surface area contributed by atoms with Gasteiger partial charge in [-0.25, -0.2) is 9.97 Å². The van der Waals surface area contributed by atoms with Crippen molar-refractivity contribution in [3.63, 3.8) is 0 Å². The van der Waals surface area contributed by atoms with E-state index < -0.39 is 0 Å². The first kappa shape index (κ1) is 11.3. The molecule has 0 aromatic carbocycles. The van der Waals surface area contributed by atoms with Crippen LogP contribution < -0.4 is 9.80 Å². The lowest BCUT2D eigenvalue weighted by atomic mass is 10.3. The van der Waals surface area contributed by atoms with Crippen LogP contribution in [0.2, 0.25) is 0 Å². The Morgan fingerprint density at radius 3 is 2.50 bits per heavy atom. The molecule has 0 amide bonds. The van der Waals surface area contributed by atoms with Gasteiger partial charge in [0.05, 0.1) is 6.20 Å². The van der Waals surface area contributed by atoms with Gasteiger partial charge in [-0.2, -0.15) is 4.37 Å². The number of hydrogen-bond acceptors (Lipinski definition) is 7. The summed E-state index contributed by atoms with van der Waals surface area (Å²) in [6.07, 6.45) is 5.24. The smallest absolute Gasteiger partial charge is 0.205 e. The van der Waals surface area contributed by atoms with E-state index in [9.17, 15) is 0 Å². The van der Waals surface area contributed by atoms with Crippen molar-refractivity contribution in [2.45, 2.75) is 6.92 Å². The molecule has 1 aliphatic heterocycles. The summed E-state index contributed by atoms with van der Waals surface area (Å²) in [5.41, 5.74) is 0. The maximum atomic E-state index is 4.42. The Morgan fingerprint density at radius 2 is 1.89 bits per heavy atom. The first-order valence-electron chi connectivity index (χ1n) is 5.89. The van der Waals surface area contributed by atoms with Crippen LogP contribution in [0.5, 0.6) is 0 Å². The van der Waals surface area contributed by atoms with Gasteiger partial charge in [-0.05, 0) is 6.92 Å². The van der Waals surface area contributed by atoms with Crippen molar-refractivity contribution in [3.05, 3.63) is 24.4 Å². The Morgan fingerprint density at radius 1 is 1.11 bits per heavy atom. The van der Waals surface area contributed by atoms with Gasteiger partial charge in [-0.15, -0.1) is 0 Å². The van der Waals surface area contributed by atoms with E-state index in [0.29, 0.717) is 0 Å². The Kier molecular flexibility index (Phi) is 3.06. The summed E-state index contributed by atoms with van der Waals surface area (Å²) < 4.78 is 4.22. The Labute approximate surface area is 109 Å². The highest BCUT2D eigenvalue weighted by Gasteiger charge is 2.20. The Hall–Kier alpha value is -1.76. The van der Waals surface area contributed by atoms with Gasteiger partial charge < -0.3 is 9.80 Å². The SMILES string of the molecule is Cc1nsc(N2CCN(c3cnccn3)CC2)n1. The molecular weight excluding hydrogens is 248 g/mol. The van der Waals surface area contributed by atoms with Gasteiger partial charge in [0.2, 0.25) is 5.13 Å². The van der Waals surface area contributed by atoms with Crippen molar-refractivity contribution in [2.75, 3.05) is 36.0 Å². The van der Waals surface area contributed by atoms with E-state index >= 15 is 0 Å². The van der Waals surface area contributed by atoms with Crippen LogP contribution in [-0.4, -0.2) is 45.5 Å². The monoisotopic (exact) mass is 262 g/mol. The van der Waals surface area contributed by atoms with Gasteiger partial charge >= 0.3 is 0 Å². The molecular formula is C11H14N6S. The molecule has 18 heavy (non-hydrogen) atoms. The third-order valence-electron chi connectivity index (χ3n) is 2.94. The fourth-order valence-corrected chi connectivity index (χ4v) is 2.72. The van der Waals surface area contributed by atoms with Crippen molar-refractivity contribution in [1.29, 1.82) is 0 Å². The topological polar surface area (TPSA) is 58.0 Å². The van der Waals surface area contributed by atoms with E-state index in [4.69, 9.17) is 0 Å². The normalized spacial score (nSPS) is 16.1. The van der Waals surface area contributed by atoms with Crippen LogP contribution in [0.1, 0.15) is 5.82 Å². The van der Waals surface area contributed by atoms with Crippen molar-refractivity contribution >= 4 is 22.5 Å². The molecule has 0 unspecified atom stereocenters. The summed E-state index contributed by atoms with van der Waals surface area (Å²) >= 11 is 1.47. The number of rotatable bonds is 2. The third-order valence-corrected chi connectivity index (χ3v) is 3.81. The van der Waals surface area contributed by atoms with E-state index in [2.05, 4.69) is 29.1 Å². The molecule has 3 rings (SSSR count). The summed E-state index contributed by atoms with van der Waals surface area (Å²) in [6, 6.07) is 0.